The van der Waals surface area contributed by atoms with E-state index in [0.29, 0.717) is 12.1 Å². The summed E-state index contributed by atoms with van der Waals surface area (Å²) >= 11 is 0. The van der Waals surface area contributed by atoms with E-state index in [1.54, 1.807) is 10.9 Å². The SMILES string of the molecule is Cc1cc(C#N)cc(C)c1OC(CN)c1cnn(C)c1. The number of rotatable bonds is 4. The van der Waals surface area contributed by atoms with Crippen LogP contribution in [0.4, 0.5) is 0 Å². The highest BCUT2D eigenvalue weighted by molar-refractivity contribution is 5.47. The molecule has 1 aromatic carbocycles. The largest absolute Gasteiger partial charge is 0.484 e. The molecule has 0 aliphatic heterocycles. The number of aryl methyl sites for hydroxylation is 3. The van der Waals surface area contributed by atoms with Crippen LogP contribution in [0.25, 0.3) is 0 Å². The first-order valence-electron chi connectivity index (χ1n) is 6.41. The topological polar surface area (TPSA) is 76.9 Å². The van der Waals surface area contributed by atoms with Gasteiger partial charge in [-0.3, -0.25) is 4.68 Å². The van der Waals surface area contributed by atoms with E-state index in [9.17, 15) is 0 Å². The quantitative estimate of drug-likeness (QED) is 0.921. The molecule has 0 amide bonds. The zero-order valence-corrected chi connectivity index (χ0v) is 11.9. The zero-order chi connectivity index (χ0) is 14.7. The van der Waals surface area contributed by atoms with Crippen LogP contribution < -0.4 is 10.5 Å². The standard InChI is InChI=1S/C15H18N4O/c1-10-4-12(6-16)5-11(2)15(10)20-14(7-17)13-8-18-19(3)9-13/h4-5,8-9,14H,7,17H2,1-3H3. The minimum Gasteiger partial charge on any atom is -0.484 e. The molecule has 1 atom stereocenters. The first-order chi connectivity index (χ1) is 9.55. The monoisotopic (exact) mass is 270 g/mol. The molecule has 1 heterocycles. The molecular weight excluding hydrogens is 252 g/mol. The first kappa shape index (κ1) is 14.1. The van der Waals surface area contributed by atoms with Crippen LogP contribution in [0.3, 0.4) is 0 Å². The lowest BCUT2D eigenvalue weighted by Gasteiger charge is -2.19. The minimum atomic E-state index is -0.242. The summed E-state index contributed by atoms with van der Waals surface area (Å²) in [5.41, 5.74) is 9.25. The summed E-state index contributed by atoms with van der Waals surface area (Å²) in [5, 5.41) is 13.1. The van der Waals surface area contributed by atoms with Crippen molar-refractivity contribution < 1.29 is 4.74 Å². The lowest BCUT2D eigenvalue weighted by molar-refractivity contribution is 0.211. The lowest BCUT2D eigenvalue weighted by atomic mass is 10.1. The third-order valence-electron chi connectivity index (χ3n) is 3.16. The molecule has 5 nitrogen and oxygen atoms in total. The van der Waals surface area contributed by atoms with Crippen molar-refractivity contribution in [2.45, 2.75) is 20.0 Å². The van der Waals surface area contributed by atoms with E-state index in [4.69, 9.17) is 15.7 Å². The van der Waals surface area contributed by atoms with Crippen LogP contribution in [-0.2, 0) is 7.05 Å². The Hall–Kier alpha value is -2.32. The van der Waals surface area contributed by atoms with E-state index in [-0.39, 0.29) is 6.10 Å². The van der Waals surface area contributed by atoms with E-state index in [2.05, 4.69) is 11.2 Å². The molecule has 0 radical (unpaired) electrons. The third-order valence-corrected chi connectivity index (χ3v) is 3.16. The molecule has 0 spiro atoms. The highest BCUT2D eigenvalue weighted by Gasteiger charge is 2.16. The molecule has 0 fully saturated rings. The number of nitrogens with zero attached hydrogens (tertiary/aromatic N) is 3. The van der Waals surface area contributed by atoms with Crippen molar-refractivity contribution in [1.29, 1.82) is 5.26 Å². The van der Waals surface area contributed by atoms with Gasteiger partial charge in [-0.1, -0.05) is 0 Å². The molecule has 20 heavy (non-hydrogen) atoms. The predicted octanol–water partition coefficient (Wildman–Crippen LogP) is 1.99. The molecule has 1 aromatic heterocycles. The second-order valence-electron chi connectivity index (χ2n) is 4.84. The Morgan fingerprint density at radius 2 is 2.05 bits per heavy atom. The van der Waals surface area contributed by atoms with Gasteiger partial charge in [-0.25, -0.2) is 0 Å². The molecule has 104 valence electrons. The Bertz CT molecular complexity index is 631. The van der Waals surface area contributed by atoms with Gasteiger partial charge in [0.2, 0.25) is 0 Å². The summed E-state index contributed by atoms with van der Waals surface area (Å²) in [7, 11) is 1.86. The van der Waals surface area contributed by atoms with Gasteiger partial charge >= 0.3 is 0 Å². The smallest absolute Gasteiger partial charge is 0.139 e. The van der Waals surface area contributed by atoms with Gasteiger partial charge in [0.05, 0.1) is 17.8 Å². The van der Waals surface area contributed by atoms with Gasteiger partial charge in [0, 0.05) is 25.4 Å². The van der Waals surface area contributed by atoms with Crippen molar-refractivity contribution in [3.63, 3.8) is 0 Å². The molecule has 2 N–H and O–H groups in total. The van der Waals surface area contributed by atoms with E-state index >= 15 is 0 Å². The Kier molecular flexibility index (Phi) is 4.06. The number of aromatic nitrogens is 2. The minimum absolute atomic E-state index is 0.242. The highest BCUT2D eigenvalue weighted by Crippen LogP contribution is 2.29. The number of nitrogens with two attached hydrogens (primary N) is 1. The van der Waals surface area contributed by atoms with Crippen LogP contribution in [0.1, 0.15) is 28.4 Å². The predicted molar refractivity (Wildman–Crippen MR) is 76.3 cm³/mol. The lowest BCUT2D eigenvalue weighted by Crippen LogP contribution is -2.19. The maximum atomic E-state index is 8.96. The molecule has 0 aliphatic carbocycles. The number of nitriles is 1. The summed E-state index contributed by atoms with van der Waals surface area (Å²) in [4.78, 5) is 0. The summed E-state index contributed by atoms with van der Waals surface area (Å²) in [6.45, 7) is 4.23. The molecule has 5 heteroatoms. The van der Waals surface area contributed by atoms with Crippen molar-refractivity contribution in [2.75, 3.05) is 6.54 Å². The average Bonchev–Trinajstić information content (AvgIpc) is 2.84. The van der Waals surface area contributed by atoms with Gasteiger partial charge in [0.25, 0.3) is 0 Å². The summed E-state index contributed by atoms with van der Waals surface area (Å²) < 4.78 is 7.76. The van der Waals surface area contributed by atoms with E-state index in [1.165, 1.54) is 0 Å². The van der Waals surface area contributed by atoms with Crippen molar-refractivity contribution in [3.05, 3.63) is 46.8 Å². The van der Waals surface area contributed by atoms with Gasteiger partial charge in [-0.05, 0) is 37.1 Å². The van der Waals surface area contributed by atoms with Crippen molar-refractivity contribution in [2.24, 2.45) is 12.8 Å². The second kappa shape index (κ2) is 5.76. The molecule has 0 bridgehead atoms. The van der Waals surface area contributed by atoms with E-state index < -0.39 is 0 Å². The van der Waals surface area contributed by atoms with Gasteiger partial charge in [-0.15, -0.1) is 0 Å². The van der Waals surface area contributed by atoms with Crippen LogP contribution in [0.15, 0.2) is 24.5 Å². The van der Waals surface area contributed by atoms with Crippen molar-refractivity contribution >= 4 is 0 Å². The Labute approximate surface area is 118 Å². The molecule has 2 rings (SSSR count). The number of ether oxygens (including phenoxy) is 1. The fraction of sp³-hybridized carbons (Fsp3) is 0.333. The third kappa shape index (κ3) is 2.81. The number of hydrogen-bond acceptors (Lipinski definition) is 4. The number of benzene rings is 1. The fourth-order valence-corrected chi connectivity index (χ4v) is 2.20. The Morgan fingerprint density at radius 1 is 1.40 bits per heavy atom. The molecule has 0 saturated heterocycles. The van der Waals surface area contributed by atoms with E-state index in [0.717, 1.165) is 22.4 Å². The summed E-state index contributed by atoms with van der Waals surface area (Å²) in [6, 6.07) is 5.78. The first-order valence-corrected chi connectivity index (χ1v) is 6.41. The maximum Gasteiger partial charge on any atom is 0.139 e. The Morgan fingerprint density at radius 3 is 2.50 bits per heavy atom. The molecule has 1 unspecified atom stereocenters. The summed E-state index contributed by atoms with van der Waals surface area (Å²) in [5.74, 6) is 0.781. The van der Waals surface area contributed by atoms with Gasteiger partial charge in [0.15, 0.2) is 0 Å². The van der Waals surface area contributed by atoms with Gasteiger partial charge in [-0.2, -0.15) is 10.4 Å². The molecule has 2 aromatic rings. The normalized spacial score (nSPS) is 11.9. The Balaban J connectivity index is 2.31. The molecule has 0 aliphatic rings. The molecular formula is C15H18N4O. The van der Waals surface area contributed by atoms with Crippen LogP contribution >= 0.6 is 0 Å². The van der Waals surface area contributed by atoms with Crippen molar-refractivity contribution in [1.82, 2.24) is 9.78 Å². The highest BCUT2D eigenvalue weighted by atomic mass is 16.5. The maximum absolute atomic E-state index is 8.96. The van der Waals surface area contributed by atoms with Crippen molar-refractivity contribution in [3.8, 4) is 11.8 Å². The van der Waals surface area contributed by atoms with Gasteiger partial charge < -0.3 is 10.5 Å². The van der Waals surface area contributed by atoms with Gasteiger partial charge in [0.1, 0.15) is 11.9 Å². The number of hydrogen-bond donors (Lipinski definition) is 1. The zero-order valence-electron chi connectivity index (χ0n) is 11.9. The second-order valence-corrected chi connectivity index (χ2v) is 4.84. The average molecular weight is 270 g/mol. The van der Waals surface area contributed by atoms with Crippen LogP contribution in [0.2, 0.25) is 0 Å². The fourth-order valence-electron chi connectivity index (χ4n) is 2.20. The van der Waals surface area contributed by atoms with Crippen LogP contribution in [-0.4, -0.2) is 16.3 Å². The van der Waals surface area contributed by atoms with Crippen LogP contribution in [0.5, 0.6) is 5.75 Å². The molecule has 0 saturated carbocycles. The summed E-state index contributed by atoms with van der Waals surface area (Å²) in [6.07, 6.45) is 3.41. The van der Waals surface area contributed by atoms with E-state index in [1.807, 2.05) is 39.2 Å². The van der Waals surface area contributed by atoms with Crippen LogP contribution in [0, 0.1) is 25.2 Å².